The summed E-state index contributed by atoms with van der Waals surface area (Å²) in [6.45, 7) is 1.87. The van der Waals surface area contributed by atoms with E-state index in [-0.39, 0.29) is 5.95 Å². The van der Waals surface area contributed by atoms with Gasteiger partial charge in [0.05, 0.1) is 17.6 Å². The van der Waals surface area contributed by atoms with Crippen molar-refractivity contribution in [1.82, 2.24) is 15.0 Å². The highest BCUT2D eigenvalue weighted by Crippen LogP contribution is 2.44. The van der Waals surface area contributed by atoms with E-state index in [1.165, 1.54) is 18.4 Å². The molecule has 0 amide bonds. The third-order valence-corrected chi connectivity index (χ3v) is 7.58. The molecule has 11 heteroatoms. The molecule has 1 atom stereocenters. The lowest BCUT2D eigenvalue weighted by molar-refractivity contribution is -0.141. The molecule has 2 aromatic carbocycles. The Morgan fingerprint density at radius 2 is 1.97 bits per heavy atom. The van der Waals surface area contributed by atoms with Crippen molar-refractivity contribution < 1.29 is 27.8 Å². The van der Waals surface area contributed by atoms with E-state index in [1.54, 1.807) is 36.5 Å². The van der Waals surface area contributed by atoms with Gasteiger partial charge in [0.2, 0.25) is 5.95 Å². The fourth-order valence-corrected chi connectivity index (χ4v) is 5.68. The van der Waals surface area contributed by atoms with Crippen molar-refractivity contribution in [3.8, 4) is 10.4 Å². The molecule has 0 fully saturated rings. The number of aryl methyl sites for hydroxylation is 2. The summed E-state index contributed by atoms with van der Waals surface area (Å²) in [6.07, 6.45) is 0.0897. The van der Waals surface area contributed by atoms with E-state index < -0.39 is 23.4 Å². The van der Waals surface area contributed by atoms with Gasteiger partial charge in [0.1, 0.15) is 16.3 Å². The van der Waals surface area contributed by atoms with Crippen LogP contribution in [0.2, 0.25) is 0 Å². The molecule has 2 heterocycles. The Bertz CT molecular complexity index is 1520. The predicted octanol–water partition coefficient (Wildman–Crippen LogP) is 6.03. The van der Waals surface area contributed by atoms with Crippen molar-refractivity contribution in [3.63, 3.8) is 0 Å². The number of methoxy groups -OCH3 is 1. The summed E-state index contributed by atoms with van der Waals surface area (Å²) in [5.74, 6) is -0.598. The lowest BCUT2D eigenvalue weighted by Gasteiger charge is -2.33. The highest BCUT2D eigenvalue weighted by Gasteiger charge is 2.39. The smallest absolute Gasteiger partial charge is 0.433 e. The van der Waals surface area contributed by atoms with Gasteiger partial charge in [-0.2, -0.15) is 13.2 Å². The molecule has 2 aromatic heterocycles. The van der Waals surface area contributed by atoms with Crippen LogP contribution in [0.1, 0.15) is 50.6 Å². The highest BCUT2D eigenvalue weighted by atomic mass is 32.1. The standard InChI is InChI=1S/C27H23F3N4O3S/c1-15-10-18(13-19(11-15)33-25-31-9-7-22(34-25)27(28,29)30)21-14-32-24(38-21)26(36)8-3-4-16-12-17(23(35)37-2)5-6-20(16)26/h5-7,9-14,36H,3-4,8H2,1-2H3,(H,31,33,34)/t26-/m1/s1. The van der Waals surface area contributed by atoms with Crippen LogP contribution in [0.3, 0.4) is 0 Å². The van der Waals surface area contributed by atoms with E-state index in [4.69, 9.17) is 4.74 Å². The van der Waals surface area contributed by atoms with E-state index in [1.807, 2.05) is 13.0 Å². The summed E-state index contributed by atoms with van der Waals surface area (Å²) in [4.78, 5) is 24.8. The van der Waals surface area contributed by atoms with Crippen molar-refractivity contribution in [1.29, 1.82) is 0 Å². The first-order valence-corrected chi connectivity index (χ1v) is 12.6. The number of fused-ring (bicyclic) bond motifs is 1. The lowest BCUT2D eigenvalue weighted by atomic mass is 9.79. The van der Waals surface area contributed by atoms with Gasteiger partial charge in [-0.15, -0.1) is 11.3 Å². The van der Waals surface area contributed by atoms with Gasteiger partial charge in [-0.25, -0.2) is 19.7 Å². The number of aliphatic hydroxyl groups is 1. The van der Waals surface area contributed by atoms with Gasteiger partial charge in [0.25, 0.3) is 0 Å². The van der Waals surface area contributed by atoms with Gasteiger partial charge >= 0.3 is 12.1 Å². The minimum absolute atomic E-state index is 0.166. The van der Waals surface area contributed by atoms with E-state index in [0.717, 1.165) is 46.7 Å². The van der Waals surface area contributed by atoms with Gasteiger partial charge in [0.15, 0.2) is 0 Å². The van der Waals surface area contributed by atoms with Gasteiger partial charge < -0.3 is 15.2 Å². The van der Waals surface area contributed by atoms with Crippen molar-refractivity contribution in [2.45, 2.75) is 38.0 Å². The maximum atomic E-state index is 13.0. The van der Waals surface area contributed by atoms with Gasteiger partial charge in [-0.1, -0.05) is 12.1 Å². The molecule has 0 radical (unpaired) electrons. The summed E-state index contributed by atoms with van der Waals surface area (Å²) in [7, 11) is 1.33. The molecule has 0 bridgehead atoms. The molecule has 4 aromatic rings. The Hall–Kier alpha value is -3.83. The van der Waals surface area contributed by atoms with E-state index in [0.29, 0.717) is 28.2 Å². The fraction of sp³-hybridized carbons (Fsp3) is 0.259. The number of hydrogen-bond donors (Lipinski definition) is 2. The number of alkyl halides is 3. The van der Waals surface area contributed by atoms with Crippen LogP contribution in [0, 0.1) is 6.92 Å². The molecule has 38 heavy (non-hydrogen) atoms. The Morgan fingerprint density at radius 1 is 1.16 bits per heavy atom. The average Bonchev–Trinajstić information content (AvgIpc) is 3.39. The number of aromatic nitrogens is 3. The lowest BCUT2D eigenvalue weighted by Crippen LogP contribution is -2.32. The summed E-state index contributed by atoms with van der Waals surface area (Å²) in [6, 6.07) is 11.4. The van der Waals surface area contributed by atoms with Gasteiger partial charge in [-0.05, 0) is 78.8 Å². The first-order chi connectivity index (χ1) is 18.1. The fourth-order valence-electron chi connectivity index (χ4n) is 4.64. The van der Waals surface area contributed by atoms with E-state index in [9.17, 15) is 23.1 Å². The van der Waals surface area contributed by atoms with Crippen LogP contribution >= 0.6 is 11.3 Å². The number of halogens is 3. The molecular weight excluding hydrogens is 517 g/mol. The molecular formula is C27H23F3N4O3S. The number of carbonyl (C=O) groups excluding carboxylic acids is 1. The maximum absolute atomic E-state index is 13.0. The third kappa shape index (κ3) is 4.99. The SMILES string of the molecule is COC(=O)c1ccc2c(c1)CCC[C@]2(O)c1ncc(-c2cc(C)cc(Nc3nccc(C(F)(F)F)n3)c2)s1. The summed E-state index contributed by atoms with van der Waals surface area (Å²) >= 11 is 1.34. The maximum Gasteiger partial charge on any atom is 0.433 e. The minimum atomic E-state index is -4.57. The molecule has 5 rings (SSSR count). The molecule has 1 aliphatic carbocycles. The molecule has 0 unspecified atom stereocenters. The number of rotatable bonds is 5. The topological polar surface area (TPSA) is 97.2 Å². The molecule has 0 aliphatic heterocycles. The van der Waals surface area contributed by atoms with Crippen LogP contribution in [-0.4, -0.2) is 33.1 Å². The monoisotopic (exact) mass is 540 g/mol. The van der Waals surface area contributed by atoms with Crippen LogP contribution < -0.4 is 5.32 Å². The first kappa shape index (κ1) is 25.8. The Morgan fingerprint density at radius 3 is 2.74 bits per heavy atom. The normalized spacial score (nSPS) is 17.1. The molecule has 0 saturated heterocycles. The van der Waals surface area contributed by atoms with Crippen LogP contribution in [0.5, 0.6) is 0 Å². The number of anilines is 2. The van der Waals surface area contributed by atoms with Crippen LogP contribution in [0.4, 0.5) is 24.8 Å². The van der Waals surface area contributed by atoms with Gasteiger partial charge in [0, 0.05) is 18.1 Å². The second kappa shape index (κ2) is 9.80. The number of nitrogens with one attached hydrogen (secondary N) is 1. The van der Waals surface area contributed by atoms with Crippen molar-refractivity contribution in [2.75, 3.05) is 12.4 Å². The zero-order chi connectivity index (χ0) is 27.1. The van der Waals surface area contributed by atoms with Crippen molar-refractivity contribution in [2.24, 2.45) is 0 Å². The number of hydrogen-bond acceptors (Lipinski definition) is 8. The summed E-state index contributed by atoms with van der Waals surface area (Å²) in [5.41, 5.74) is 1.85. The molecule has 0 saturated carbocycles. The third-order valence-electron chi connectivity index (χ3n) is 6.38. The van der Waals surface area contributed by atoms with Crippen LogP contribution in [0.25, 0.3) is 10.4 Å². The Balaban J connectivity index is 1.45. The largest absolute Gasteiger partial charge is 0.465 e. The zero-order valence-corrected chi connectivity index (χ0v) is 21.3. The van der Waals surface area contributed by atoms with Gasteiger partial charge in [-0.3, -0.25) is 0 Å². The quantitative estimate of drug-likeness (QED) is 0.298. The van der Waals surface area contributed by atoms with E-state index >= 15 is 0 Å². The van der Waals surface area contributed by atoms with E-state index in [2.05, 4.69) is 20.3 Å². The molecule has 2 N–H and O–H groups in total. The molecule has 1 aliphatic rings. The second-order valence-electron chi connectivity index (χ2n) is 9.08. The zero-order valence-electron chi connectivity index (χ0n) is 20.5. The number of esters is 1. The first-order valence-electron chi connectivity index (χ1n) is 11.8. The second-order valence-corrected chi connectivity index (χ2v) is 10.1. The summed E-state index contributed by atoms with van der Waals surface area (Å²) in [5, 5.41) is 15.1. The number of benzene rings is 2. The minimum Gasteiger partial charge on any atom is -0.465 e. The number of carbonyl (C=O) groups is 1. The molecule has 7 nitrogen and oxygen atoms in total. The van der Waals surface area contributed by atoms with Crippen molar-refractivity contribution >= 4 is 28.9 Å². The molecule has 196 valence electrons. The molecule has 0 spiro atoms. The predicted molar refractivity (Wildman–Crippen MR) is 136 cm³/mol. The van der Waals surface area contributed by atoms with Crippen molar-refractivity contribution in [3.05, 3.63) is 87.8 Å². The summed E-state index contributed by atoms with van der Waals surface area (Å²) < 4.78 is 43.9. The number of thiazole rings is 1. The Kier molecular flexibility index (Phi) is 6.66. The van der Waals surface area contributed by atoms with Crippen LogP contribution in [-0.2, 0) is 22.9 Å². The highest BCUT2D eigenvalue weighted by molar-refractivity contribution is 7.15. The average molecular weight is 541 g/mol. The van der Waals surface area contributed by atoms with Crippen LogP contribution in [0.15, 0.2) is 54.9 Å². The number of ether oxygens (including phenoxy) is 1. The number of nitrogens with zero attached hydrogens (tertiary/aromatic N) is 3. The Labute approximate surface area is 220 Å².